The molecule has 0 fully saturated rings. The number of nitrogens with one attached hydrogen (secondary N) is 2. The highest BCUT2D eigenvalue weighted by Crippen LogP contribution is 2.16. The summed E-state index contributed by atoms with van der Waals surface area (Å²) in [6.07, 6.45) is 0. The monoisotopic (exact) mass is 428 g/mol. The first kappa shape index (κ1) is 21.1. The second kappa shape index (κ2) is 8.55. The highest BCUT2D eigenvalue weighted by atomic mass is 16.7. The molecule has 1 aromatic heterocycles. The number of pyridine rings is 1. The van der Waals surface area contributed by atoms with E-state index in [-0.39, 0.29) is 29.1 Å². The average Bonchev–Trinajstić information content (AvgIpc) is 3.24. The molecule has 2 N–H and O–H groups in total. The van der Waals surface area contributed by atoms with Crippen LogP contribution < -0.4 is 26.8 Å². The Kier molecular flexibility index (Phi) is 5.64. The highest BCUT2D eigenvalue weighted by Gasteiger charge is 2.18. The number of carbonyl (C=O) groups excluding carboxylic acids is 1. The van der Waals surface area contributed by atoms with Gasteiger partial charge in [-0.1, -0.05) is 49.0 Å². The summed E-state index contributed by atoms with van der Waals surface area (Å²) in [7, 11) is 0. The minimum atomic E-state index is -0.388. The molecule has 1 aliphatic heterocycles. The van der Waals surface area contributed by atoms with Gasteiger partial charge < -0.3 is 14.7 Å². The molecule has 7 heteroatoms. The van der Waals surface area contributed by atoms with Crippen molar-refractivity contribution in [3.63, 3.8) is 0 Å². The number of benzene rings is 2. The fourth-order valence-electron chi connectivity index (χ4n) is 3.53. The van der Waals surface area contributed by atoms with E-state index in [4.69, 9.17) is 4.84 Å². The van der Waals surface area contributed by atoms with Gasteiger partial charge in [0.1, 0.15) is 11.8 Å². The Balaban J connectivity index is 1.71. The number of amides is 1. The van der Waals surface area contributed by atoms with Crippen molar-refractivity contribution in [2.24, 2.45) is 4.99 Å². The van der Waals surface area contributed by atoms with E-state index in [1.807, 2.05) is 62.4 Å². The van der Waals surface area contributed by atoms with E-state index in [9.17, 15) is 9.59 Å². The van der Waals surface area contributed by atoms with E-state index < -0.39 is 0 Å². The largest absolute Gasteiger partial charge is 0.359 e. The van der Waals surface area contributed by atoms with Crippen LogP contribution in [0.4, 0.5) is 5.69 Å². The van der Waals surface area contributed by atoms with Crippen molar-refractivity contribution in [2.45, 2.75) is 27.3 Å². The van der Waals surface area contributed by atoms with Crippen LogP contribution in [-0.2, 0) is 16.2 Å². The van der Waals surface area contributed by atoms with Gasteiger partial charge in [0.15, 0.2) is 5.84 Å². The van der Waals surface area contributed by atoms with Crippen molar-refractivity contribution in [3.05, 3.63) is 97.8 Å². The van der Waals surface area contributed by atoms with Gasteiger partial charge in [0.2, 0.25) is 5.91 Å². The van der Waals surface area contributed by atoms with E-state index >= 15 is 0 Å². The van der Waals surface area contributed by atoms with Crippen molar-refractivity contribution in [1.82, 2.24) is 10.0 Å². The molecule has 0 saturated carbocycles. The number of nitrogens with zero attached hydrogens (tertiary/aromatic N) is 2. The van der Waals surface area contributed by atoms with E-state index in [1.54, 1.807) is 13.0 Å². The van der Waals surface area contributed by atoms with Crippen LogP contribution in [-0.4, -0.2) is 16.3 Å². The molecular formula is C25H24N4O3. The molecule has 0 radical (unpaired) electrons. The lowest BCUT2D eigenvalue weighted by Gasteiger charge is -2.13. The van der Waals surface area contributed by atoms with Crippen LogP contribution in [0.3, 0.4) is 0 Å². The van der Waals surface area contributed by atoms with Crippen molar-refractivity contribution in [3.8, 4) is 0 Å². The second-order valence-electron chi connectivity index (χ2n) is 7.78. The highest BCUT2D eigenvalue weighted by molar-refractivity contribution is 6.01. The summed E-state index contributed by atoms with van der Waals surface area (Å²) in [5.41, 5.74) is 6.53. The third-order valence-electron chi connectivity index (χ3n) is 5.28. The summed E-state index contributed by atoms with van der Waals surface area (Å²) < 4.78 is 1.40. The maximum Gasteiger partial charge on any atom is 0.264 e. The third-order valence-corrected chi connectivity index (χ3v) is 5.28. The SMILES string of the molecule is C=c1cc(C)n(CC(=O)Nc2cc(C)ccc2C)c(=O)c1=C1N=C(c2ccccc2)NO1. The first-order valence-electron chi connectivity index (χ1n) is 10.2. The molecule has 0 aliphatic carbocycles. The summed E-state index contributed by atoms with van der Waals surface area (Å²) in [5, 5.41) is 3.59. The zero-order chi connectivity index (χ0) is 22.8. The van der Waals surface area contributed by atoms with Crippen LogP contribution in [0.1, 0.15) is 22.4 Å². The lowest BCUT2D eigenvalue weighted by atomic mass is 10.1. The standard InChI is InChI=1S/C25H24N4O3/c1-15-10-11-16(2)20(12-15)26-21(30)14-29-18(4)13-17(3)22(25(29)31)24-27-23(28-32-24)19-8-6-5-7-9-19/h5-13H,3,14H2,1-2,4H3,(H,26,30)(H,27,28). The maximum atomic E-state index is 13.3. The lowest BCUT2D eigenvalue weighted by molar-refractivity contribution is -0.116. The normalized spacial score (nSPS) is 14.4. The number of amidine groups is 1. The van der Waals surface area contributed by atoms with Gasteiger partial charge in [0.05, 0.1) is 0 Å². The van der Waals surface area contributed by atoms with Gasteiger partial charge in [-0.05, 0) is 49.2 Å². The number of hydroxylamine groups is 1. The minimum Gasteiger partial charge on any atom is -0.359 e. The molecule has 1 amide bonds. The number of rotatable bonds is 4. The topological polar surface area (TPSA) is 84.7 Å². The van der Waals surface area contributed by atoms with Crippen LogP contribution in [0.2, 0.25) is 0 Å². The van der Waals surface area contributed by atoms with Crippen LogP contribution >= 0.6 is 0 Å². The first-order valence-corrected chi connectivity index (χ1v) is 10.2. The number of aliphatic imine (C=N–C) groups is 1. The smallest absolute Gasteiger partial charge is 0.264 e. The van der Waals surface area contributed by atoms with Gasteiger partial charge >= 0.3 is 0 Å². The molecule has 0 atom stereocenters. The molecule has 162 valence electrons. The minimum absolute atomic E-state index is 0.127. The van der Waals surface area contributed by atoms with E-state index in [1.165, 1.54) is 4.57 Å². The van der Waals surface area contributed by atoms with Crippen LogP contribution in [0.25, 0.3) is 12.5 Å². The fraction of sp³-hybridized carbons (Fsp3) is 0.160. The Morgan fingerprint density at radius 3 is 2.62 bits per heavy atom. The number of aromatic nitrogens is 1. The average molecular weight is 428 g/mol. The van der Waals surface area contributed by atoms with Gasteiger partial charge in [-0.15, -0.1) is 0 Å². The number of hydrogen-bond acceptors (Lipinski definition) is 5. The zero-order valence-corrected chi connectivity index (χ0v) is 18.2. The molecule has 1 aliphatic rings. The molecule has 3 aromatic rings. The fourth-order valence-corrected chi connectivity index (χ4v) is 3.53. The molecule has 2 heterocycles. The summed E-state index contributed by atoms with van der Waals surface area (Å²) in [6, 6.07) is 17.0. The van der Waals surface area contributed by atoms with Crippen LogP contribution in [0.15, 0.2) is 64.4 Å². The zero-order valence-electron chi connectivity index (χ0n) is 18.2. The van der Waals surface area contributed by atoms with Gasteiger partial charge in [0.25, 0.3) is 11.4 Å². The molecular weight excluding hydrogens is 404 g/mol. The van der Waals surface area contributed by atoms with Crippen LogP contribution in [0.5, 0.6) is 0 Å². The Morgan fingerprint density at radius 2 is 1.88 bits per heavy atom. The summed E-state index contributed by atoms with van der Waals surface area (Å²) in [5.74, 6) is 0.331. The molecule has 4 rings (SSSR count). The predicted molar refractivity (Wildman–Crippen MR) is 125 cm³/mol. The predicted octanol–water partition coefficient (Wildman–Crippen LogP) is 1.87. The second-order valence-corrected chi connectivity index (χ2v) is 7.78. The van der Waals surface area contributed by atoms with Crippen molar-refractivity contribution in [2.75, 3.05) is 5.32 Å². The van der Waals surface area contributed by atoms with E-state index in [2.05, 4.69) is 22.4 Å². The number of carbonyl (C=O) groups is 1. The third kappa shape index (κ3) is 4.18. The van der Waals surface area contributed by atoms with E-state index in [0.717, 1.165) is 22.4 Å². The molecule has 32 heavy (non-hydrogen) atoms. The Labute approximate surface area is 185 Å². The molecule has 0 saturated heterocycles. The number of hydrogen-bond donors (Lipinski definition) is 2. The quantitative estimate of drug-likeness (QED) is 0.665. The molecule has 0 spiro atoms. The van der Waals surface area contributed by atoms with Crippen molar-refractivity contribution in [1.29, 1.82) is 0 Å². The maximum absolute atomic E-state index is 13.3. The molecule has 7 nitrogen and oxygen atoms in total. The molecule has 2 aromatic carbocycles. The van der Waals surface area contributed by atoms with Gasteiger partial charge in [-0.25, -0.2) is 5.48 Å². The Morgan fingerprint density at radius 1 is 1.12 bits per heavy atom. The van der Waals surface area contributed by atoms with Crippen LogP contribution in [0, 0.1) is 20.8 Å². The lowest BCUT2D eigenvalue weighted by Crippen LogP contribution is -2.47. The number of aryl methyl sites for hydroxylation is 3. The van der Waals surface area contributed by atoms with Gasteiger partial charge in [-0.2, -0.15) is 4.99 Å². The molecule has 0 unspecified atom stereocenters. The Bertz CT molecular complexity index is 1410. The Hall–Kier alpha value is -4.13. The first-order chi connectivity index (χ1) is 15.3. The summed E-state index contributed by atoms with van der Waals surface area (Å²) in [4.78, 5) is 36.0. The van der Waals surface area contributed by atoms with Gasteiger partial charge in [0, 0.05) is 16.9 Å². The summed E-state index contributed by atoms with van der Waals surface area (Å²) >= 11 is 0. The summed E-state index contributed by atoms with van der Waals surface area (Å²) in [6.45, 7) is 9.49. The number of anilines is 1. The van der Waals surface area contributed by atoms with Crippen molar-refractivity contribution >= 4 is 29.9 Å². The van der Waals surface area contributed by atoms with E-state index in [0.29, 0.717) is 16.7 Å². The van der Waals surface area contributed by atoms with Crippen molar-refractivity contribution < 1.29 is 9.63 Å². The molecule has 0 bridgehead atoms. The van der Waals surface area contributed by atoms with Gasteiger partial charge in [-0.3, -0.25) is 9.59 Å².